The molecule has 3 heterocycles. The van der Waals surface area contributed by atoms with Gasteiger partial charge in [0.15, 0.2) is 5.82 Å². The molecule has 8 aromatic carbocycles. The molecule has 0 N–H and O–H groups in total. The summed E-state index contributed by atoms with van der Waals surface area (Å²) < 4.78 is 2.40. The van der Waals surface area contributed by atoms with Gasteiger partial charge in [-0.1, -0.05) is 159 Å². The van der Waals surface area contributed by atoms with Crippen molar-refractivity contribution in [2.75, 3.05) is 0 Å². The molecule has 4 heteroatoms. The van der Waals surface area contributed by atoms with Crippen LogP contribution in [-0.4, -0.2) is 22.6 Å². The molecule has 0 spiro atoms. The fourth-order valence-electron chi connectivity index (χ4n) is 9.09. The molecular formula is C52H37N3Si. The van der Waals surface area contributed by atoms with Crippen molar-refractivity contribution >= 4 is 51.0 Å². The van der Waals surface area contributed by atoms with Crippen molar-refractivity contribution in [2.45, 2.75) is 13.1 Å². The lowest BCUT2D eigenvalue weighted by Gasteiger charge is -2.22. The van der Waals surface area contributed by atoms with Gasteiger partial charge in [-0.3, -0.25) is 0 Å². The van der Waals surface area contributed by atoms with Crippen molar-refractivity contribution in [1.29, 1.82) is 0 Å². The summed E-state index contributed by atoms with van der Waals surface area (Å²) in [6.07, 6.45) is 0. The van der Waals surface area contributed by atoms with E-state index in [1.165, 1.54) is 59.6 Å². The highest BCUT2D eigenvalue weighted by molar-refractivity contribution is 7.04. The van der Waals surface area contributed by atoms with Crippen LogP contribution in [0, 0.1) is 0 Å². The number of aromatic nitrogens is 3. The molecule has 0 saturated carbocycles. The minimum Gasteiger partial charge on any atom is -0.309 e. The maximum absolute atomic E-state index is 5.52. The predicted octanol–water partition coefficient (Wildman–Crippen LogP) is 12.2. The zero-order chi connectivity index (χ0) is 37.4. The number of para-hydroxylation sites is 1. The van der Waals surface area contributed by atoms with Crippen LogP contribution in [0.15, 0.2) is 188 Å². The number of hydrogen-bond acceptors (Lipinski definition) is 2. The molecule has 11 rings (SSSR count). The second kappa shape index (κ2) is 12.6. The van der Waals surface area contributed by atoms with E-state index in [1.807, 2.05) is 0 Å². The van der Waals surface area contributed by atoms with E-state index in [-0.39, 0.29) is 0 Å². The van der Waals surface area contributed by atoms with E-state index in [9.17, 15) is 0 Å². The van der Waals surface area contributed by atoms with E-state index in [1.54, 1.807) is 0 Å². The second-order valence-electron chi connectivity index (χ2n) is 15.4. The fourth-order valence-corrected chi connectivity index (χ4v) is 12.3. The van der Waals surface area contributed by atoms with E-state index in [0.717, 1.165) is 45.2 Å². The van der Waals surface area contributed by atoms with E-state index >= 15 is 0 Å². The number of fused-ring (bicyclic) bond motifs is 8. The zero-order valence-corrected chi connectivity index (χ0v) is 32.2. The third-order valence-corrected chi connectivity index (χ3v) is 15.3. The Bertz CT molecular complexity index is 3160. The molecule has 0 bridgehead atoms. The Morgan fingerprint density at radius 2 is 1.04 bits per heavy atom. The van der Waals surface area contributed by atoms with Crippen LogP contribution >= 0.6 is 0 Å². The fraction of sp³-hybridized carbons (Fsp3) is 0.0385. The molecule has 1 aliphatic rings. The van der Waals surface area contributed by atoms with Gasteiger partial charge < -0.3 is 4.57 Å². The number of benzene rings is 8. The van der Waals surface area contributed by atoms with Gasteiger partial charge >= 0.3 is 0 Å². The smallest absolute Gasteiger partial charge is 0.160 e. The van der Waals surface area contributed by atoms with Gasteiger partial charge in [-0.2, -0.15) is 0 Å². The minimum atomic E-state index is -2.11. The molecule has 2 aromatic heterocycles. The van der Waals surface area contributed by atoms with Crippen molar-refractivity contribution in [3.63, 3.8) is 0 Å². The molecule has 0 aliphatic carbocycles. The first kappa shape index (κ1) is 32.5. The van der Waals surface area contributed by atoms with Crippen LogP contribution in [0.2, 0.25) is 13.1 Å². The molecule has 264 valence electrons. The van der Waals surface area contributed by atoms with Gasteiger partial charge in [0, 0.05) is 27.6 Å². The number of rotatable bonds is 5. The molecule has 10 aromatic rings. The van der Waals surface area contributed by atoms with E-state index in [4.69, 9.17) is 9.97 Å². The summed E-state index contributed by atoms with van der Waals surface area (Å²) in [6.45, 7) is 4.89. The van der Waals surface area contributed by atoms with Crippen LogP contribution in [0.5, 0.6) is 0 Å². The van der Waals surface area contributed by atoms with Crippen molar-refractivity contribution in [1.82, 2.24) is 14.5 Å². The topological polar surface area (TPSA) is 30.7 Å². The Labute approximate surface area is 327 Å². The third kappa shape index (κ3) is 5.03. The molecule has 0 unspecified atom stereocenters. The lowest BCUT2D eigenvalue weighted by atomic mass is 9.98. The first-order valence-electron chi connectivity index (χ1n) is 19.3. The van der Waals surface area contributed by atoms with Gasteiger partial charge in [0.1, 0.15) is 8.07 Å². The molecule has 0 atom stereocenters. The highest BCUT2D eigenvalue weighted by Gasteiger charge is 2.41. The van der Waals surface area contributed by atoms with Crippen LogP contribution in [0.25, 0.3) is 94.4 Å². The Kier molecular flexibility index (Phi) is 7.31. The van der Waals surface area contributed by atoms with Crippen LogP contribution < -0.4 is 10.4 Å². The zero-order valence-electron chi connectivity index (χ0n) is 31.2. The van der Waals surface area contributed by atoms with Crippen LogP contribution in [0.1, 0.15) is 0 Å². The van der Waals surface area contributed by atoms with Gasteiger partial charge in [0.2, 0.25) is 0 Å². The highest BCUT2D eigenvalue weighted by atomic mass is 28.3. The quantitative estimate of drug-likeness (QED) is 0.165. The maximum Gasteiger partial charge on any atom is 0.160 e. The van der Waals surface area contributed by atoms with E-state index in [0.29, 0.717) is 0 Å². The normalized spacial score (nSPS) is 13.0. The Morgan fingerprint density at radius 3 is 1.88 bits per heavy atom. The summed E-state index contributed by atoms with van der Waals surface area (Å²) in [4.78, 5) is 11.0. The number of nitrogens with zero attached hydrogens (tertiary/aromatic N) is 3. The maximum atomic E-state index is 5.52. The molecule has 0 saturated heterocycles. The monoisotopic (exact) mass is 731 g/mol. The van der Waals surface area contributed by atoms with Crippen molar-refractivity contribution in [3.8, 4) is 61.8 Å². The largest absolute Gasteiger partial charge is 0.309 e. The number of hydrogen-bond donors (Lipinski definition) is 0. The minimum absolute atomic E-state index is 0.750. The van der Waals surface area contributed by atoms with E-state index < -0.39 is 8.07 Å². The van der Waals surface area contributed by atoms with Crippen LogP contribution in [0.4, 0.5) is 0 Å². The standard InChI is InChI=1S/C52H37N3Si/c1-56(2)47-26-12-11-25-43(47)50-51(56)49(39-20-13-18-36(31-39)34-15-5-3-6-16-34)53-52(54-50)40-21-14-19-37(32-40)38-28-29-45-44(33-38)48-42-24-10-9-17-35(42)27-30-46(48)55(45)41-22-7-4-8-23-41/h3-33H,1-2H3. The second-order valence-corrected chi connectivity index (χ2v) is 19.7. The van der Waals surface area contributed by atoms with Crippen molar-refractivity contribution < 1.29 is 0 Å². The summed E-state index contributed by atoms with van der Waals surface area (Å²) in [5.41, 5.74) is 13.7. The van der Waals surface area contributed by atoms with Gasteiger partial charge in [-0.15, -0.1) is 0 Å². The van der Waals surface area contributed by atoms with Gasteiger partial charge in [-0.25, -0.2) is 9.97 Å². The summed E-state index contributed by atoms with van der Waals surface area (Å²) in [6, 6.07) is 68.0. The average Bonchev–Trinajstić information content (AvgIpc) is 3.72. The predicted molar refractivity (Wildman–Crippen MR) is 238 cm³/mol. The van der Waals surface area contributed by atoms with E-state index in [2.05, 4.69) is 206 Å². The first-order valence-corrected chi connectivity index (χ1v) is 22.3. The Hall–Kier alpha value is -6.88. The van der Waals surface area contributed by atoms with Crippen molar-refractivity contribution in [3.05, 3.63) is 188 Å². The molecule has 0 fully saturated rings. The SMILES string of the molecule is C[Si]1(C)c2ccccc2-c2nc(-c3cccc(-c4ccc5c(c4)c4c6ccccc6ccc4n5-c4ccccc4)c3)nc(-c3cccc(-c4ccccc4)c3)c21. The summed E-state index contributed by atoms with van der Waals surface area (Å²) in [5, 5.41) is 7.75. The summed E-state index contributed by atoms with van der Waals surface area (Å²) in [5.74, 6) is 0.750. The highest BCUT2D eigenvalue weighted by Crippen LogP contribution is 2.40. The first-order chi connectivity index (χ1) is 27.5. The van der Waals surface area contributed by atoms with Crippen LogP contribution in [0.3, 0.4) is 0 Å². The third-order valence-electron chi connectivity index (χ3n) is 11.8. The molecular weight excluding hydrogens is 695 g/mol. The lowest BCUT2D eigenvalue weighted by molar-refractivity contribution is 1.18. The molecule has 0 amide bonds. The Morgan fingerprint density at radius 1 is 0.429 bits per heavy atom. The molecule has 1 aliphatic heterocycles. The molecule has 56 heavy (non-hydrogen) atoms. The van der Waals surface area contributed by atoms with Crippen molar-refractivity contribution in [2.24, 2.45) is 0 Å². The van der Waals surface area contributed by atoms with Gasteiger partial charge in [0.05, 0.1) is 22.4 Å². The molecule has 0 radical (unpaired) electrons. The van der Waals surface area contributed by atoms with Gasteiger partial charge in [0.25, 0.3) is 0 Å². The summed E-state index contributed by atoms with van der Waals surface area (Å²) >= 11 is 0. The Balaban J connectivity index is 1.10. The lowest BCUT2D eigenvalue weighted by Crippen LogP contribution is -2.50. The van der Waals surface area contributed by atoms with Crippen LogP contribution in [-0.2, 0) is 0 Å². The van der Waals surface area contributed by atoms with Gasteiger partial charge in [-0.05, 0) is 91.4 Å². The average molecular weight is 732 g/mol. The summed E-state index contributed by atoms with van der Waals surface area (Å²) in [7, 11) is -2.11. The molecule has 3 nitrogen and oxygen atoms in total.